The number of aromatic nitrogens is 1. The Balaban J connectivity index is 1.97. The summed E-state index contributed by atoms with van der Waals surface area (Å²) < 4.78 is 37.9. The summed E-state index contributed by atoms with van der Waals surface area (Å²) in [4.78, 5) is 0. The first-order valence-corrected chi connectivity index (χ1v) is 7.09. The molecule has 2 N–H and O–H groups in total. The van der Waals surface area contributed by atoms with Crippen LogP contribution in [0.5, 0.6) is 0 Å². The van der Waals surface area contributed by atoms with E-state index >= 15 is 0 Å². The van der Waals surface area contributed by atoms with E-state index in [0.717, 1.165) is 31.2 Å². The Labute approximate surface area is 109 Å². The highest BCUT2D eigenvalue weighted by molar-refractivity contribution is 8.00. The van der Waals surface area contributed by atoms with E-state index in [-0.39, 0.29) is 23.6 Å². The second-order valence-electron chi connectivity index (χ2n) is 4.62. The van der Waals surface area contributed by atoms with Crippen molar-refractivity contribution in [1.29, 1.82) is 0 Å². The summed E-state index contributed by atoms with van der Waals surface area (Å²) in [5.41, 5.74) is 4.24. The van der Waals surface area contributed by atoms with Crippen molar-refractivity contribution in [2.45, 2.75) is 43.8 Å². The summed E-state index contributed by atoms with van der Waals surface area (Å²) in [6.07, 6.45) is 8.07. The third-order valence-electron chi connectivity index (χ3n) is 3.22. The summed E-state index contributed by atoms with van der Waals surface area (Å²) in [5.74, 6) is 0.0479. The fraction of sp³-hybridized carbons (Fsp3) is 0.667. The molecule has 18 heavy (non-hydrogen) atoms. The Morgan fingerprint density at radius 2 is 2.11 bits per heavy atom. The minimum absolute atomic E-state index is 0.0272. The molecule has 0 saturated carbocycles. The smallest absolute Gasteiger partial charge is 0.353 e. The van der Waals surface area contributed by atoms with Gasteiger partial charge in [-0.25, -0.2) is 0 Å². The second kappa shape index (κ2) is 5.57. The van der Waals surface area contributed by atoms with Crippen molar-refractivity contribution in [2.24, 2.45) is 5.73 Å². The number of thioether (sulfide) groups is 1. The lowest BCUT2D eigenvalue weighted by Gasteiger charge is -2.08. The molecule has 1 aliphatic carbocycles. The van der Waals surface area contributed by atoms with Crippen molar-refractivity contribution in [3.05, 3.63) is 23.5 Å². The van der Waals surface area contributed by atoms with E-state index in [4.69, 9.17) is 5.73 Å². The molecule has 1 aromatic rings. The maximum Gasteiger partial charge on any atom is 0.441 e. The lowest BCUT2D eigenvalue weighted by atomic mass is 10.1. The molecule has 0 aliphatic heterocycles. The van der Waals surface area contributed by atoms with Crippen molar-refractivity contribution < 1.29 is 13.2 Å². The van der Waals surface area contributed by atoms with Gasteiger partial charge in [0.15, 0.2) is 0 Å². The number of alkyl halides is 3. The predicted octanol–water partition coefficient (Wildman–Crippen LogP) is 3.47. The zero-order valence-electron chi connectivity index (χ0n) is 10.0. The molecule has 1 aromatic heterocycles. The highest BCUT2D eigenvalue weighted by Crippen LogP contribution is 2.31. The molecule has 0 radical (unpaired) electrons. The Bertz CT molecular complexity index is 401. The highest BCUT2D eigenvalue weighted by Gasteiger charge is 2.27. The number of hydrogen-bond donors (Lipinski definition) is 1. The SMILES string of the molecule is NC1CCCCc2cn(CCSC(F)(F)F)cc21. The van der Waals surface area contributed by atoms with Crippen molar-refractivity contribution >= 4 is 11.8 Å². The molecular formula is C12H17F3N2S. The van der Waals surface area contributed by atoms with Crippen molar-refractivity contribution in [2.75, 3.05) is 5.75 Å². The normalized spacial score (nSPS) is 20.6. The molecular weight excluding hydrogens is 261 g/mol. The molecule has 1 aliphatic rings. The number of halogens is 3. The largest absolute Gasteiger partial charge is 0.441 e. The predicted molar refractivity (Wildman–Crippen MR) is 67.4 cm³/mol. The van der Waals surface area contributed by atoms with E-state index < -0.39 is 5.51 Å². The molecule has 6 heteroatoms. The summed E-state index contributed by atoms with van der Waals surface area (Å²) in [6, 6.07) is 0.0408. The lowest BCUT2D eigenvalue weighted by Crippen LogP contribution is -2.09. The third kappa shape index (κ3) is 3.68. The molecule has 2 rings (SSSR count). The quantitative estimate of drug-likeness (QED) is 0.858. The minimum Gasteiger partial charge on any atom is -0.353 e. The van der Waals surface area contributed by atoms with Gasteiger partial charge in [0.1, 0.15) is 0 Å². The number of hydrogen-bond acceptors (Lipinski definition) is 2. The van der Waals surface area contributed by atoms with Gasteiger partial charge in [-0.2, -0.15) is 13.2 Å². The minimum atomic E-state index is -4.14. The van der Waals surface area contributed by atoms with Crippen LogP contribution in [0.25, 0.3) is 0 Å². The van der Waals surface area contributed by atoms with Crippen LogP contribution in [0.4, 0.5) is 13.2 Å². The molecule has 1 atom stereocenters. The maximum absolute atomic E-state index is 12.0. The van der Waals surface area contributed by atoms with Crippen LogP contribution in [0.15, 0.2) is 12.4 Å². The summed E-state index contributed by atoms with van der Waals surface area (Å²) in [5, 5.41) is 0. The van der Waals surface area contributed by atoms with E-state index in [9.17, 15) is 13.2 Å². The molecule has 0 amide bonds. The number of nitrogens with zero attached hydrogens (tertiary/aromatic N) is 1. The standard InChI is InChI=1S/C12H17F3N2S/c13-12(14,15)18-6-5-17-7-9-3-1-2-4-11(16)10(9)8-17/h7-8,11H,1-6,16H2. The highest BCUT2D eigenvalue weighted by atomic mass is 32.2. The van der Waals surface area contributed by atoms with Crippen LogP contribution in [0.3, 0.4) is 0 Å². The van der Waals surface area contributed by atoms with Gasteiger partial charge < -0.3 is 10.3 Å². The molecule has 1 heterocycles. The van der Waals surface area contributed by atoms with Gasteiger partial charge in [0.25, 0.3) is 0 Å². The van der Waals surface area contributed by atoms with Gasteiger partial charge in [0, 0.05) is 30.7 Å². The Kier molecular flexibility index (Phi) is 4.27. The monoisotopic (exact) mass is 278 g/mol. The van der Waals surface area contributed by atoms with Gasteiger partial charge in [-0.1, -0.05) is 6.42 Å². The fourth-order valence-corrected chi connectivity index (χ4v) is 2.88. The average molecular weight is 278 g/mol. The van der Waals surface area contributed by atoms with Crippen LogP contribution in [0, 0.1) is 0 Å². The Morgan fingerprint density at radius 1 is 1.33 bits per heavy atom. The Morgan fingerprint density at radius 3 is 2.83 bits per heavy atom. The molecule has 0 bridgehead atoms. The van der Waals surface area contributed by atoms with Crippen LogP contribution in [-0.2, 0) is 13.0 Å². The van der Waals surface area contributed by atoms with E-state index in [1.165, 1.54) is 5.56 Å². The molecule has 1 unspecified atom stereocenters. The van der Waals surface area contributed by atoms with E-state index in [2.05, 4.69) is 0 Å². The fourth-order valence-electron chi connectivity index (χ4n) is 2.35. The average Bonchev–Trinajstić information content (AvgIpc) is 2.58. The van der Waals surface area contributed by atoms with E-state index in [0.29, 0.717) is 6.54 Å². The number of rotatable bonds is 3. The summed E-state index contributed by atoms with van der Waals surface area (Å²) in [7, 11) is 0. The van der Waals surface area contributed by atoms with E-state index in [1.807, 2.05) is 17.0 Å². The Hall–Kier alpha value is -0.620. The van der Waals surface area contributed by atoms with Gasteiger partial charge in [-0.3, -0.25) is 0 Å². The van der Waals surface area contributed by atoms with Gasteiger partial charge in [-0.15, -0.1) is 0 Å². The van der Waals surface area contributed by atoms with Crippen LogP contribution in [0.2, 0.25) is 0 Å². The van der Waals surface area contributed by atoms with Gasteiger partial charge in [-0.05, 0) is 42.2 Å². The molecule has 0 spiro atoms. The molecule has 0 saturated heterocycles. The van der Waals surface area contributed by atoms with Gasteiger partial charge in [0.05, 0.1) is 0 Å². The zero-order chi connectivity index (χ0) is 13.2. The summed E-state index contributed by atoms with van der Waals surface area (Å²) >= 11 is 0.0272. The summed E-state index contributed by atoms with van der Waals surface area (Å²) in [6.45, 7) is 0.379. The number of aryl methyl sites for hydroxylation is 2. The third-order valence-corrected chi connectivity index (χ3v) is 3.94. The van der Waals surface area contributed by atoms with Gasteiger partial charge in [0.2, 0.25) is 0 Å². The first-order valence-electron chi connectivity index (χ1n) is 6.10. The number of fused-ring (bicyclic) bond motifs is 1. The van der Waals surface area contributed by atoms with Crippen LogP contribution < -0.4 is 5.73 Å². The van der Waals surface area contributed by atoms with Crippen molar-refractivity contribution in [3.8, 4) is 0 Å². The van der Waals surface area contributed by atoms with Crippen LogP contribution in [0.1, 0.15) is 36.4 Å². The second-order valence-corrected chi connectivity index (χ2v) is 5.78. The van der Waals surface area contributed by atoms with Gasteiger partial charge >= 0.3 is 5.51 Å². The molecule has 0 aromatic carbocycles. The zero-order valence-corrected chi connectivity index (χ0v) is 10.9. The van der Waals surface area contributed by atoms with Crippen LogP contribution in [-0.4, -0.2) is 15.8 Å². The molecule has 102 valence electrons. The molecule has 2 nitrogen and oxygen atoms in total. The van der Waals surface area contributed by atoms with Crippen LogP contribution >= 0.6 is 11.8 Å². The molecule has 0 fully saturated rings. The topological polar surface area (TPSA) is 30.9 Å². The first-order chi connectivity index (χ1) is 8.46. The van der Waals surface area contributed by atoms with E-state index in [1.54, 1.807) is 0 Å². The van der Waals surface area contributed by atoms with Crippen molar-refractivity contribution in [1.82, 2.24) is 4.57 Å². The first kappa shape index (κ1) is 13.8. The lowest BCUT2D eigenvalue weighted by molar-refractivity contribution is -0.0328. The number of nitrogens with two attached hydrogens (primary N) is 1. The maximum atomic E-state index is 12.0. The van der Waals surface area contributed by atoms with Crippen molar-refractivity contribution in [3.63, 3.8) is 0 Å².